The Morgan fingerprint density at radius 2 is 1.88 bits per heavy atom. The van der Waals surface area contributed by atoms with Crippen LogP contribution in [0.2, 0.25) is 0 Å². The van der Waals surface area contributed by atoms with Crippen LogP contribution in [0, 0.1) is 31.1 Å². The number of nitrogens with one attached hydrogen (secondary N) is 1. The summed E-state index contributed by atoms with van der Waals surface area (Å²) in [4.78, 5) is 17.7. The molecule has 2 fully saturated rings. The molecule has 1 N–H and O–H groups in total. The summed E-state index contributed by atoms with van der Waals surface area (Å²) >= 11 is 0. The third-order valence-electron chi connectivity index (χ3n) is 7.18. The third kappa shape index (κ3) is 5.72. The van der Waals surface area contributed by atoms with Crippen molar-refractivity contribution in [3.8, 4) is 6.07 Å². The van der Waals surface area contributed by atoms with E-state index in [1.807, 2.05) is 30.5 Å². The summed E-state index contributed by atoms with van der Waals surface area (Å²) in [5.74, 6) is 1.93. The topological polar surface area (TPSA) is 86.7 Å². The minimum absolute atomic E-state index is 0.0797. The highest BCUT2D eigenvalue weighted by molar-refractivity contribution is 5.93. The number of rotatable bonds is 7. The molecule has 2 atom stereocenters. The quantitative estimate of drug-likeness (QED) is 0.672. The monoisotopic (exact) mass is 467 g/mol. The molecule has 1 amide bonds. The van der Waals surface area contributed by atoms with Gasteiger partial charge in [-0.1, -0.05) is 0 Å². The second-order valence-corrected chi connectivity index (χ2v) is 9.95. The summed E-state index contributed by atoms with van der Waals surface area (Å²) in [5.41, 5.74) is 2.36. The van der Waals surface area contributed by atoms with Crippen LogP contribution >= 0.6 is 0 Å². The summed E-state index contributed by atoms with van der Waals surface area (Å²) in [5, 5.41) is 12.8. The van der Waals surface area contributed by atoms with E-state index >= 15 is 0 Å². The molecule has 0 aromatic carbocycles. The largest absolute Gasteiger partial charge is 0.467 e. The first-order valence-corrected chi connectivity index (χ1v) is 12.4. The van der Waals surface area contributed by atoms with Crippen LogP contribution < -0.4 is 5.32 Å². The van der Waals surface area contributed by atoms with Gasteiger partial charge >= 0.3 is 0 Å². The average Bonchev–Trinajstić information content (AvgIpc) is 3.37. The van der Waals surface area contributed by atoms with Crippen LogP contribution in [-0.4, -0.2) is 71.8 Å². The van der Waals surface area contributed by atoms with Crippen molar-refractivity contribution in [3.05, 3.63) is 41.0 Å². The molecule has 2 aliphatic rings. The maximum absolute atomic E-state index is 13.0. The number of furan rings is 1. The Kier molecular flexibility index (Phi) is 7.77. The van der Waals surface area contributed by atoms with Crippen molar-refractivity contribution in [3.63, 3.8) is 0 Å². The van der Waals surface area contributed by atoms with Gasteiger partial charge in [-0.3, -0.25) is 14.6 Å². The number of nitrogens with zero attached hydrogens (tertiary/aromatic N) is 4. The number of amides is 1. The van der Waals surface area contributed by atoms with E-state index in [1.54, 1.807) is 6.26 Å². The number of piperidine rings is 1. The molecule has 0 saturated carbocycles. The molecule has 0 aliphatic carbocycles. The van der Waals surface area contributed by atoms with E-state index in [2.05, 4.69) is 35.0 Å². The lowest BCUT2D eigenvalue weighted by atomic mass is 9.95. The normalized spacial score (nSPS) is 22.6. The van der Waals surface area contributed by atoms with E-state index in [9.17, 15) is 10.1 Å². The first-order valence-electron chi connectivity index (χ1n) is 12.4. The fourth-order valence-corrected chi connectivity index (χ4v) is 5.39. The number of carbonyl (C=O) groups excluding carboxylic acids is 1. The van der Waals surface area contributed by atoms with Crippen LogP contribution in [0.4, 0.5) is 5.82 Å². The Morgan fingerprint density at radius 3 is 2.50 bits per heavy atom. The number of nitriles is 1. The fourth-order valence-electron chi connectivity index (χ4n) is 5.39. The number of hydrogen-bond acceptors (Lipinski definition) is 6. The van der Waals surface area contributed by atoms with Gasteiger partial charge < -0.3 is 19.0 Å². The summed E-state index contributed by atoms with van der Waals surface area (Å²) in [6, 6.07) is 6.01. The zero-order valence-corrected chi connectivity index (χ0v) is 20.8. The molecule has 184 valence electrons. The lowest BCUT2D eigenvalue weighted by Gasteiger charge is -2.39. The molecule has 0 bridgehead atoms. The molecule has 2 saturated heterocycles. The Hall–Kier alpha value is -2.60. The number of anilines is 1. The summed E-state index contributed by atoms with van der Waals surface area (Å²) in [6.07, 6.45) is 4.43. The van der Waals surface area contributed by atoms with Gasteiger partial charge in [-0.15, -0.1) is 0 Å². The summed E-state index contributed by atoms with van der Waals surface area (Å²) < 4.78 is 13.3. The molecular formula is C26H37N5O3. The Bertz CT molecular complexity index is 1000. The zero-order chi connectivity index (χ0) is 24.2. The highest BCUT2D eigenvalue weighted by Crippen LogP contribution is 2.28. The van der Waals surface area contributed by atoms with Crippen LogP contribution in [0.5, 0.6) is 0 Å². The van der Waals surface area contributed by atoms with Gasteiger partial charge in [-0.05, 0) is 77.2 Å². The third-order valence-corrected chi connectivity index (χ3v) is 7.18. The van der Waals surface area contributed by atoms with Crippen molar-refractivity contribution in [2.45, 2.75) is 59.3 Å². The van der Waals surface area contributed by atoms with Crippen molar-refractivity contribution in [2.24, 2.45) is 5.92 Å². The fraction of sp³-hybridized carbons (Fsp3) is 0.615. The number of likely N-dealkylation sites (tertiary alicyclic amines) is 1. The average molecular weight is 468 g/mol. The van der Waals surface area contributed by atoms with E-state index in [0.717, 1.165) is 62.6 Å². The van der Waals surface area contributed by atoms with E-state index < -0.39 is 0 Å². The van der Waals surface area contributed by atoms with Crippen molar-refractivity contribution >= 4 is 11.7 Å². The van der Waals surface area contributed by atoms with Crippen molar-refractivity contribution in [2.75, 3.05) is 44.6 Å². The van der Waals surface area contributed by atoms with Gasteiger partial charge in [0.1, 0.15) is 17.6 Å². The summed E-state index contributed by atoms with van der Waals surface area (Å²) in [6.45, 7) is 14.0. The lowest BCUT2D eigenvalue weighted by Crippen LogP contribution is -2.48. The van der Waals surface area contributed by atoms with Gasteiger partial charge in [0.05, 0.1) is 37.1 Å². The SMILES string of the molecule is Cc1c(C#N)c(NC(=O)CN2CCC(CN3CC(C)OC(C)C3)CC2)n(Cc2ccco2)c1C. The standard InChI is InChI=1S/C26H37N5O3/c1-18-13-30(14-19(2)34-18)15-22-7-9-29(10-8-22)17-25(32)28-26-24(12-27)20(3)21(4)31(26)16-23-6-5-11-33-23/h5-6,11,18-19,22H,7-10,13-17H2,1-4H3,(H,28,32). The Labute approximate surface area is 202 Å². The number of hydrogen-bond donors (Lipinski definition) is 1. The van der Waals surface area contributed by atoms with Crippen LogP contribution in [0.15, 0.2) is 22.8 Å². The molecule has 2 aromatic heterocycles. The van der Waals surface area contributed by atoms with E-state index in [1.165, 1.54) is 0 Å². The van der Waals surface area contributed by atoms with Gasteiger partial charge in [0.15, 0.2) is 0 Å². The molecule has 8 nitrogen and oxygen atoms in total. The molecule has 0 spiro atoms. The van der Waals surface area contributed by atoms with Gasteiger partial charge in [0.25, 0.3) is 0 Å². The van der Waals surface area contributed by atoms with Crippen LogP contribution in [0.25, 0.3) is 0 Å². The predicted molar refractivity (Wildman–Crippen MR) is 131 cm³/mol. The number of carbonyl (C=O) groups is 1. The number of morpholine rings is 1. The maximum Gasteiger partial charge on any atom is 0.239 e. The van der Waals surface area contributed by atoms with E-state index in [0.29, 0.717) is 42.6 Å². The first kappa shape index (κ1) is 24.5. The highest BCUT2D eigenvalue weighted by Gasteiger charge is 2.28. The number of aromatic nitrogens is 1. The predicted octanol–water partition coefficient (Wildman–Crippen LogP) is 3.38. The molecule has 34 heavy (non-hydrogen) atoms. The minimum Gasteiger partial charge on any atom is -0.467 e. The smallest absolute Gasteiger partial charge is 0.239 e. The Balaban J connectivity index is 1.32. The van der Waals surface area contributed by atoms with Crippen molar-refractivity contribution < 1.29 is 13.9 Å². The molecular weight excluding hydrogens is 430 g/mol. The molecule has 2 aromatic rings. The molecule has 2 unspecified atom stereocenters. The Morgan fingerprint density at radius 1 is 1.18 bits per heavy atom. The van der Waals surface area contributed by atoms with Gasteiger partial charge in [-0.2, -0.15) is 5.26 Å². The molecule has 4 rings (SSSR count). The van der Waals surface area contributed by atoms with Crippen molar-refractivity contribution in [1.82, 2.24) is 14.4 Å². The van der Waals surface area contributed by atoms with E-state index in [4.69, 9.17) is 9.15 Å². The number of ether oxygens (including phenoxy) is 1. The van der Waals surface area contributed by atoms with Gasteiger partial charge in [0.2, 0.25) is 5.91 Å². The second-order valence-electron chi connectivity index (χ2n) is 9.95. The molecule has 2 aliphatic heterocycles. The lowest BCUT2D eigenvalue weighted by molar-refractivity contribution is -0.117. The van der Waals surface area contributed by atoms with Gasteiger partial charge in [0, 0.05) is 25.3 Å². The van der Waals surface area contributed by atoms with E-state index in [-0.39, 0.29) is 5.91 Å². The molecule has 0 radical (unpaired) electrons. The van der Waals surface area contributed by atoms with Crippen LogP contribution in [0.3, 0.4) is 0 Å². The zero-order valence-electron chi connectivity index (χ0n) is 20.8. The second kappa shape index (κ2) is 10.8. The van der Waals surface area contributed by atoms with Crippen LogP contribution in [-0.2, 0) is 16.1 Å². The van der Waals surface area contributed by atoms with Gasteiger partial charge in [-0.25, -0.2) is 0 Å². The summed E-state index contributed by atoms with van der Waals surface area (Å²) in [7, 11) is 0. The molecule has 4 heterocycles. The van der Waals surface area contributed by atoms with Crippen LogP contribution in [0.1, 0.15) is 49.3 Å². The van der Waals surface area contributed by atoms with Crippen molar-refractivity contribution in [1.29, 1.82) is 5.26 Å². The minimum atomic E-state index is -0.0797. The molecule has 8 heteroatoms. The maximum atomic E-state index is 13.0. The first-order chi connectivity index (χ1) is 16.3. The highest BCUT2D eigenvalue weighted by atomic mass is 16.5.